The van der Waals surface area contributed by atoms with Gasteiger partial charge in [0, 0.05) is 64.3 Å². The molecule has 0 aliphatic carbocycles. The fourth-order valence-electron chi connectivity index (χ4n) is 11.1. The first-order valence-corrected chi connectivity index (χ1v) is 34.6. The number of benzene rings is 4. The van der Waals surface area contributed by atoms with E-state index in [0.717, 1.165) is 24.3 Å². The number of nitrogens with two attached hydrogens (primary N) is 4. The van der Waals surface area contributed by atoms with Gasteiger partial charge in [0.25, 0.3) is 22.7 Å². The predicted octanol–water partition coefficient (Wildman–Crippen LogP) is 2.80. The Morgan fingerprint density at radius 2 is 0.508 bits per heavy atom. The van der Waals surface area contributed by atoms with Gasteiger partial charge in [-0.25, -0.2) is 21.7 Å². The minimum Gasteiger partial charge on any atom is -0.468 e. The number of nitriles is 2. The molecule has 4 aliphatic rings. The second-order valence-corrected chi connectivity index (χ2v) is 25.0. The Balaban J connectivity index is 0.000000397. The maximum Gasteiger partial charge on any atom is 0.324 e. The summed E-state index contributed by atoms with van der Waals surface area (Å²) in [5, 5.41) is 122. The summed E-state index contributed by atoms with van der Waals surface area (Å²) in [7, 11) is 4.91. The van der Waals surface area contributed by atoms with E-state index in [9.17, 15) is 119 Å². The SMILES string of the molecule is CC#N.CC#N.COC(=O)[C@@H]1CCCN(c2cc(N[C@@H](C)C(N)=O)c([N+](=O)[O-])cc2[N+](=O)[O-])N1.COC(=O)[C@@H]1CCCN(c2cc(N[C@@H](C)C(N)=O)c([N+](=O)[O-])cc2[N+](=O)[O-])N1.COC(=O)[C@@H]1CCCN(c2cc(N[C@@H](C)C(N)=O)c([N+](=O)[O-])cc2[N+](=O)[O-])N1.COC(=O)[C@@H]1CCCN(c2cc(N[C@@H](C)C(N)=O)c([N+](=O)[O-])cc2[N+](=O)[O-])N1. The molecular formula is C64H86N26O28. The molecule has 0 saturated carbocycles. The number of nitrogens with one attached hydrogen (secondary N) is 8. The summed E-state index contributed by atoms with van der Waals surface area (Å²) in [6.45, 7) is 9.74. The average Bonchev–Trinajstić information content (AvgIpc) is 0.802. The summed E-state index contributed by atoms with van der Waals surface area (Å²) in [5.41, 5.74) is 27.2. The summed E-state index contributed by atoms with van der Waals surface area (Å²) in [6.07, 6.45) is 3.98. The maximum absolute atomic E-state index is 11.8. The van der Waals surface area contributed by atoms with Gasteiger partial charge in [-0.3, -0.25) is 119 Å². The molecule has 4 heterocycles. The number of esters is 4. The number of carbonyl (C=O) groups is 8. The molecule has 0 bridgehead atoms. The standard InChI is InChI=1S/4C15H20N6O7.2C2H3N/c4*1-8(14(16)22)17-10-6-12(13(21(26)27)7-11(10)20(24)25)19-5-3-4-9(18-19)15(23)28-2;2*1-2-3/h4*6-9,17-18H,3-5H2,1-2H3,(H2,16,22);2*1H3/t4*8-,9-;;/m0000../s1. The van der Waals surface area contributed by atoms with Gasteiger partial charge in [0.1, 0.15) is 93.8 Å². The van der Waals surface area contributed by atoms with Crippen molar-refractivity contribution in [2.75, 3.05) is 95.9 Å². The fraction of sp³-hybridized carbons (Fsp3) is 0.469. The van der Waals surface area contributed by atoms with Crippen molar-refractivity contribution in [3.05, 3.63) is 129 Å². The number of rotatable bonds is 28. The van der Waals surface area contributed by atoms with Crippen molar-refractivity contribution in [1.82, 2.24) is 21.7 Å². The Labute approximate surface area is 667 Å². The van der Waals surface area contributed by atoms with Crippen LogP contribution in [0.15, 0.2) is 48.5 Å². The summed E-state index contributed by atoms with van der Waals surface area (Å²) in [4.78, 5) is 178. The van der Waals surface area contributed by atoms with Gasteiger partial charge < -0.3 is 83.2 Å². The highest BCUT2D eigenvalue weighted by molar-refractivity contribution is 5.90. The minimum absolute atomic E-state index is 0.00312. The van der Waals surface area contributed by atoms with Crippen LogP contribution in [-0.4, -0.2) is 190 Å². The first kappa shape index (κ1) is 97.3. The van der Waals surface area contributed by atoms with Crippen molar-refractivity contribution in [3.8, 4) is 12.1 Å². The van der Waals surface area contributed by atoms with Gasteiger partial charge >= 0.3 is 46.6 Å². The Bertz CT molecular complexity index is 4000. The van der Waals surface area contributed by atoms with Gasteiger partial charge in [0.05, 0.1) is 104 Å². The molecule has 54 heteroatoms. The summed E-state index contributed by atoms with van der Waals surface area (Å²) < 4.78 is 18.8. The predicted molar refractivity (Wildman–Crippen MR) is 413 cm³/mol. The number of carbonyl (C=O) groups excluding carboxylic acids is 8. The highest BCUT2D eigenvalue weighted by atomic mass is 16.7. The molecule has 0 spiro atoms. The molecule has 8 atom stereocenters. The molecule has 4 saturated heterocycles. The number of methoxy groups -OCH3 is 4. The minimum atomic E-state index is -0.954. The Morgan fingerprint density at radius 3 is 0.636 bits per heavy atom. The van der Waals surface area contributed by atoms with E-state index in [2.05, 4.69) is 61.9 Å². The lowest BCUT2D eigenvalue weighted by molar-refractivity contribution is -0.393. The molecule has 54 nitrogen and oxygen atoms in total. The molecule has 640 valence electrons. The number of ether oxygens (including phenoxy) is 4. The lowest BCUT2D eigenvalue weighted by Gasteiger charge is -2.33. The topological polar surface area (TPSA) is 779 Å². The quantitative estimate of drug-likeness (QED) is 0.0168. The third kappa shape index (κ3) is 27.1. The van der Waals surface area contributed by atoms with Crippen molar-refractivity contribution in [3.63, 3.8) is 0 Å². The summed E-state index contributed by atoms with van der Waals surface area (Å²) >= 11 is 0. The van der Waals surface area contributed by atoms with Crippen LogP contribution in [0, 0.1) is 104 Å². The van der Waals surface area contributed by atoms with Crippen LogP contribution in [0.5, 0.6) is 0 Å². The number of nitro benzene ring substituents is 8. The molecular weight excluding hydrogens is 1580 g/mol. The number of primary amides is 4. The Morgan fingerprint density at radius 1 is 0.356 bits per heavy atom. The summed E-state index contributed by atoms with van der Waals surface area (Å²) in [6, 6.07) is 4.77. The smallest absolute Gasteiger partial charge is 0.324 e. The zero-order valence-electron chi connectivity index (χ0n) is 64.7. The lowest BCUT2D eigenvalue weighted by atomic mass is 10.1. The van der Waals surface area contributed by atoms with Crippen LogP contribution in [0.3, 0.4) is 0 Å². The van der Waals surface area contributed by atoms with Crippen molar-refractivity contribution in [2.24, 2.45) is 22.9 Å². The third-order valence-corrected chi connectivity index (χ3v) is 17.0. The average molecular weight is 1670 g/mol. The van der Waals surface area contributed by atoms with Gasteiger partial charge in [-0.1, -0.05) is 0 Å². The monoisotopic (exact) mass is 1670 g/mol. The van der Waals surface area contributed by atoms with Gasteiger partial charge in [-0.2, -0.15) is 10.5 Å². The third-order valence-electron chi connectivity index (χ3n) is 17.0. The lowest BCUT2D eigenvalue weighted by Crippen LogP contribution is -2.53. The fourth-order valence-corrected chi connectivity index (χ4v) is 11.1. The van der Waals surface area contributed by atoms with Crippen LogP contribution in [0.25, 0.3) is 0 Å². The Kier molecular flexibility index (Phi) is 37.6. The molecule has 118 heavy (non-hydrogen) atoms. The number of hydrogen-bond acceptors (Lipinski definition) is 42. The summed E-state index contributed by atoms with van der Waals surface area (Å²) in [5.74, 6) is -5.14. The van der Waals surface area contributed by atoms with E-state index >= 15 is 0 Å². The van der Waals surface area contributed by atoms with Crippen molar-refractivity contribution in [1.29, 1.82) is 10.5 Å². The van der Waals surface area contributed by atoms with Gasteiger partial charge in [0.2, 0.25) is 23.6 Å². The molecule has 4 amide bonds. The van der Waals surface area contributed by atoms with Crippen LogP contribution in [0.4, 0.5) is 91.0 Å². The molecule has 0 aromatic heterocycles. The molecule has 0 unspecified atom stereocenters. The molecule has 8 rings (SSSR count). The van der Waals surface area contributed by atoms with Crippen LogP contribution >= 0.6 is 0 Å². The second kappa shape index (κ2) is 45.7. The number of hydrogen-bond donors (Lipinski definition) is 12. The number of nitrogens with zero attached hydrogens (tertiary/aromatic N) is 14. The van der Waals surface area contributed by atoms with E-state index in [0.29, 0.717) is 77.5 Å². The van der Waals surface area contributed by atoms with Crippen LogP contribution < -0.4 is 85.9 Å². The normalized spacial score (nSPS) is 16.7. The molecule has 0 radical (unpaired) electrons. The molecule has 4 fully saturated rings. The van der Waals surface area contributed by atoms with Crippen molar-refractivity contribution >= 4 is 139 Å². The first-order valence-electron chi connectivity index (χ1n) is 34.6. The van der Waals surface area contributed by atoms with Gasteiger partial charge in [-0.15, -0.1) is 0 Å². The van der Waals surface area contributed by atoms with E-state index in [1.807, 2.05) is 0 Å². The maximum atomic E-state index is 11.8. The number of anilines is 8. The van der Waals surface area contributed by atoms with E-state index in [1.54, 1.807) is 12.1 Å². The Hall–Kier alpha value is -14.9. The highest BCUT2D eigenvalue weighted by Gasteiger charge is 2.39. The van der Waals surface area contributed by atoms with E-state index in [1.165, 1.54) is 114 Å². The van der Waals surface area contributed by atoms with Crippen LogP contribution in [0.2, 0.25) is 0 Å². The molecule has 4 aromatic carbocycles. The number of nitro groups is 8. The van der Waals surface area contributed by atoms with E-state index in [4.69, 9.17) is 33.5 Å². The van der Waals surface area contributed by atoms with Crippen LogP contribution in [0.1, 0.15) is 92.9 Å². The molecule has 4 aromatic rings. The first-order chi connectivity index (χ1) is 55.4. The van der Waals surface area contributed by atoms with E-state index < -0.39 is 181 Å². The highest BCUT2D eigenvalue weighted by Crippen LogP contribution is 2.43. The molecule has 16 N–H and O–H groups in total. The largest absolute Gasteiger partial charge is 0.468 e. The van der Waals surface area contributed by atoms with Crippen molar-refractivity contribution < 1.29 is 96.7 Å². The van der Waals surface area contributed by atoms with Gasteiger partial charge in [0.15, 0.2) is 0 Å². The van der Waals surface area contributed by atoms with Crippen LogP contribution in [-0.2, 0) is 57.3 Å². The van der Waals surface area contributed by atoms with E-state index in [-0.39, 0.29) is 45.5 Å². The van der Waals surface area contributed by atoms with Crippen molar-refractivity contribution in [2.45, 2.75) is 141 Å². The van der Waals surface area contributed by atoms with Gasteiger partial charge in [-0.05, 0) is 79.1 Å². The second-order valence-electron chi connectivity index (χ2n) is 25.0. The zero-order chi connectivity index (χ0) is 89.4. The number of hydrazine groups is 4. The molecule has 4 aliphatic heterocycles. The number of amides is 4. The zero-order valence-corrected chi connectivity index (χ0v) is 64.7.